The van der Waals surface area contributed by atoms with Gasteiger partial charge in [-0.05, 0) is 31.5 Å². The largest absolute Gasteiger partial charge is 0.368 e. The quantitative estimate of drug-likeness (QED) is 0.691. The molecule has 22 heavy (non-hydrogen) atoms. The highest BCUT2D eigenvalue weighted by Crippen LogP contribution is 2.60. The Balaban J connectivity index is 2.38. The van der Waals surface area contributed by atoms with Gasteiger partial charge in [-0.15, -0.1) is 0 Å². The Morgan fingerprint density at radius 1 is 0.909 bits per heavy atom. The topological polar surface area (TPSA) is 47.6 Å². The number of hydrogen-bond donors (Lipinski definition) is 1. The standard InChI is InChI=1S/C17H22NO3P/c1-3-20-22(19,21-4-2)17(15-11-7-5-8-12-15)18-16-13-9-6-10-14-16/h5-14,17-18H,3-4H2,1-2H3. The molecule has 4 nitrogen and oxygen atoms in total. The molecule has 1 N–H and O–H groups in total. The predicted octanol–water partition coefficient (Wildman–Crippen LogP) is 5.06. The maximum absolute atomic E-state index is 13.2. The molecule has 5 heteroatoms. The maximum atomic E-state index is 13.2. The minimum absolute atomic E-state index is 0.330. The van der Waals surface area contributed by atoms with Gasteiger partial charge in [0.05, 0.1) is 13.2 Å². The van der Waals surface area contributed by atoms with Crippen LogP contribution in [0.2, 0.25) is 0 Å². The van der Waals surface area contributed by atoms with Crippen molar-refractivity contribution in [1.82, 2.24) is 0 Å². The SMILES string of the molecule is CCOP(=O)(OCC)C(Nc1ccccc1)c1ccccc1. The number of anilines is 1. The molecule has 0 aromatic heterocycles. The van der Waals surface area contributed by atoms with E-state index in [1.807, 2.05) is 74.5 Å². The predicted molar refractivity (Wildman–Crippen MR) is 90.1 cm³/mol. The fraction of sp³-hybridized carbons (Fsp3) is 0.294. The summed E-state index contributed by atoms with van der Waals surface area (Å²) in [6.07, 6.45) is 0. The molecule has 1 unspecified atom stereocenters. The van der Waals surface area contributed by atoms with Crippen molar-refractivity contribution >= 4 is 13.3 Å². The summed E-state index contributed by atoms with van der Waals surface area (Å²) in [7, 11) is -3.33. The molecule has 0 amide bonds. The van der Waals surface area contributed by atoms with Crippen molar-refractivity contribution in [3.05, 3.63) is 66.2 Å². The van der Waals surface area contributed by atoms with Crippen molar-refractivity contribution in [2.45, 2.75) is 19.6 Å². The zero-order valence-electron chi connectivity index (χ0n) is 12.9. The first-order valence-electron chi connectivity index (χ1n) is 7.45. The molecule has 0 saturated heterocycles. The Morgan fingerprint density at radius 3 is 1.91 bits per heavy atom. The van der Waals surface area contributed by atoms with E-state index in [9.17, 15) is 4.57 Å². The zero-order valence-corrected chi connectivity index (χ0v) is 13.8. The van der Waals surface area contributed by atoms with E-state index < -0.39 is 13.4 Å². The third-order valence-electron chi connectivity index (χ3n) is 3.13. The summed E-state index contributed by atoms with van der Waals surface area (Å²) >= 11 is 0. The van der Waals surface area contributed by atoms with Gasteiger partial charge in [0.15, 0.2) is 5.78 Å². The fourth-order valence-electron chi connectivity index (χ4n) is 2.22. The molecule has 2 rings (SSSR count). The number of rotatable bonds is 8. The van der Waals surface area contributed by atoms with Crippen LogP contribution in [0.4, 0.5) is 5.69 Å². The number of para-hydroxylation sites is 1. The molecule has 0 bridgehead atoms. The minimum atomic E-state index is -3.33. The van der Waals surface area contributed by atoms with Crippen molar-refractivity contribution in [2.75, 3.05) is 18.5 Å². The van der Waals surface area contributed by atoms with E-state index in [-0.39, 0.29) is 0 Å². The second kappa shape index (κ2) is 8.14. The van der Waals surface area contributed by atoms with E-state index in [2.05, 4.69) is 5.32 Å². The van der Waals surface area contributed by atoms with Crippen molar-refractivity contribution in [2.24, 2.45) is 0 Å². The third kappa shape index (κ3) is 4.20. The van der Waals surface area contributed by atoms with Crippen molar-refractivity contribution in [3.63, 3.8) is 0 Å². The highest BCUT2D eigenvalue weighted by atomic mass is 31.2. The van der Waals surface area contributed by atoms with Crippen LogP contribution >= 0.6 is 7.60 Å². The molecule has 0 aliphatic carbocycles. The maximum Gasteiger partial charge on any atom is 0.357 e. The van der Waals surface area contributed by atoms with E-state index in [4.69, 9.17) is 9.05 Å². The van der Waals surface area contributed by atoms with E-state index in [0.29, 0.717) is 13.2 Å². The van der Waals surface area contributed by atoms with Crippen LogP contribution in [0.15, 0.2) is 60.7 Å². The van der Waals surface area contributed by atoms with Crippen LogP contribution in [0.1, 0.15) is 25.2 Å². The average molecular weight is 319 g/mol. The molecule has 2 aromatic carbocycles. The monoisotopic (exact) mass is 319 g/mol. The Labute approximate surface area is 132 Å². The Bertz CT molecular complexity index is 594. The van der Waals surface area contributed by atoms with Gasteiger partial charge in [0.2, 0.25) is 0 Å². The summed E-state index contributed by atoms with van der Waals surface area (Å²) in [6, 6.07) is 19.2. The smallest absolute Gasteiger partial charge is 0.357 e. The van der Waals surface area contributed by atoms with Crippen LogP contribution in [-0.4, -0.2) is 13.2 Å². The lowest BCUT2D eigenvalue weighted by molar-refractivity contribution is 0.214. The molecule has 0 saturated carbocycles. The highest BCUT2D eigenvalue weighted by Gasteiger charge is 2.36. The minimum Gasteiger partial charge on any atom is -0.368 e. The van der Waals surface area contributed by atoms with Gasteiger partial charge >= 0.3 is 7.60 Å². The molecule has 0 fully saturated rings. The fourth-order valence-corrected chi connectivity index (χ4v) is 4.16. The first-order chi connectivity index (χ1) is 10.7. The summed E-state index contributed by atoms with van der Waals surface area (Å²) in [6.45, 7) is 4.29. The van der Waals surface area contributed by atoms with Crippen LogP contribution < -0.4 is 5.32 Å². The number of hydrogen-bond acceptors (Lipinski definition) is 4. The van der Waals surface area contributed by atoms with Crippen molar-refractivity contribution in [3.8, 4) is 0 Å². The van der Waals surface area contributed by atoms with Crippen LogP contribution in [0, 0.1) is 0 Å². The van der Waals surface area contributed by atoms with E-state index >= 15 is 0 Å². The summed E-state index contributed by atoms with van der Waals surface area (Å²) in [4.78, 5) is 0. The number of nitrogens with one attached hydrogen (secondary N) is 1. The van der Waals surface area contributed by atoms with Crippen LogP contribution in [-0.2, 0) is 13.6 Å². The second-order valence-corrected chi connectivity index (χ2v) is 6.81. The molecule has 0 aliphatic heterocycles. The van der Waals surface area contributed by atoms with Crippen LogP contribution in [0.3, 0.4) is 0 Å². The number of benzene rings is 2. The van der Waals surface area contributed by atoms with E-state index in [0.717, 1.165) is 11.3 Å². The van der Waals surface area contributed by atoms with Gasteiger partial charge in [-0.2, -0.15) is 0 Å². The van der Waals surface area contributed by atoms with Gasteiger partial charge in [0.25, 0.3) is 0 Å². The Hall–Kier alpha value is -1.61. The van der Waals surface area contributed by atoms with Gasteiger partial charge in [-0.25, -0.2) is 0 Å². The molecule has 0 radical (unpaired) electrons. The third-order valence-corrected chi connectivity index (χ3v) is 5.42. The normalized spacial score (nSPS) is 12.8. The summed E-state index contributed by atoms with van der Waals surface area (Å²) < 4.78 is 24.3. The average Bonchev–Trinajstić information content (AvgIpc) is 2.55. The molecule has 0 heterocycles. The highest BCUT2D eigenvalue weighted by molar-refractivity contribution is 7.54. The molecular weight excluding hydrogens is 297 g/mol. The summed E-state index contributed by atoms with van der Waals surface area (Å²) in [5.41, 5.74) is 1.74. The van der Waals surface area contributed by atoms with E-state index in [1.54, 1.807) is 0 Å². The lowest BCUT2D eigenvalue weighted by Crippen LogP contribution is -2.15. The van der Waals surface area contributed by atoms with Crippen LogP contribution in [0.25, 0.3) is 0 Å². The second-order valence-electron chi connectivity index (χ2n) is 4.70. The molecule has 2 aromatic rings. The first kappa shape index (κ1) is 16.8. The van der Waals surface area contributed by atoms with E-state index in [1.165, 1.54) is 0 Å². The van der Waals surface area contributed by atoms with Crippen molar-refractivity contribution < 1.29 is 13.6 Å². The van der Waals surface area contributed by atoms with Gasteiger partial charge in [0, 0.05) is 5.69 Å². The van der Waals surface area contributed by atoms with Crippen LogP contribution in [0.5, 0.6) is 0 Å². The van der Waals surface area contributed by atoms with Gasteiger partial charge < -0.3 is 14.4 Å². The lowest BCUT2D eigenvalue weighted by Gasteiger charge is -2.28. The van der Waals surface area contributed by atoms with Gasteiger partial charge in [-0.1, -0.05) is 48.5 Å². The molecule has 0 aliphatic rings. The van der Waals surface area contributed by atoms with Crippen molar-refractivity contribution in [1.29, 1.82) is 0 Å². The molecular formula is C17H22NO3P. The molecule has 0 spiro atoms. The molecule has 1 atom stereocenters. The first-order valence-corrected chi connectivity index (χ1v) is 9.06. The van der Waals surface area contributed by atoms with Gasteiger partial charge in [0.1, 0.15) is 0 Å². The lowest BCUT2D eigenvalue weighted by atomic mass is 10.2. The molecule has 118 valence electrons. The van der Waals surface area contributed by atoms with Gasteiger partial charge in [-0.3, -0.25) is 4.57 Å². The summed E-state index contributed by atoms with van der Waals surface area (Å²) in [5, 5.41) is 3.29. The zero-order chi connectivity index (χ0) is 15.8. The Kier molecular flexibility index (Phi) is 6.20. The Morgan fingerprint density at radius 2 is 1.41 bits per heavy atom. The summed E-state index contributed by atoms with van der Waals surface area (Å²) in [5.74, 6) is -0.545.